The van der Waals surface area contributed by atoms with E-state index in [2.05, 4.69) is 10.7 Å². The van der Waals surface area contributed by atoms with Gasteiger partial charge in [0.05, 0.1) is 7.11 Å². The second-order valence-corrected chi connectivity index (χ2v) is 2.60. The van der Waals surface area contributed by atoms with Gasteiger partial charge in [0.25, 0.3) is 5.91 Å². The van der Waals surface area contributed by atoms with E-state index >= 15 is 0 Å². The summed E-state index contributed by atoms with van der Waals surface area (Å²) >= 11 is 0. The highest BCUT2D eigenvalue weighted by Gasteiger charge is 2.18. The second kappa shape index (κ2) is 3.95. The van der Waals surface area contributed by atoms with E-state index in [1.807, 2.05) is 6.92 Å². The van der Waals surface area contributed by atoms with Gasteiger partial charge in [-0.25, -0.2) is 0 Å². The predicted molar refractivity (Wildman–Crippen MR) is 47.9 cm³/mol. The van der Waals surface area contributed by atoms with Crippen LogP contribution in [0.3, 0.4) is 0 Å². The van der Waals surface area contributed by atoms with E-state index in [1.54, 1.807) is 19.3 Å². The molecule has 0 fully saturated rings. The summed E-state index contributed by atoms with van der Waals surface area (Å²) in [7, 11) is 3.06. The first-order valence-electron chi connectivity index (χ1n) is 3.90. The number of likely N-dealkylation sites (N-methyl/N-ethyl adjacent to an activating group) is 1. The molecule has 72 valence electrons. The molecule has 5 heteroatoms. The van der Waals surface area contributed by atoms with Crippen molar-refractivity contribution in [3.05, 3.63) is 23.5 Å². The van der Waals surface area contributed by atoms with Crippen molar-refractivity contribution >= 4 is 5.91 Å². The lowest BCUT2D eigenvalue weighted by Gasteiger charge is -2.25. The molecular weight excluding hydrogens is 170 g/mol. The Kier molecular flexibility index (Phi) is 2.92. The van der Waals surface area contributed by atoms with Crippen molar-refractivity contribution < 1.29 is 9.63 Å². The highest BCUT2D eigenvalue weighted by atomic mass is 16.7. The molecule has 1 aliphatic rings. The minimum absolute atomic E-state index is 0.193. The van der Waals surface area contributed by atoms with Gasteiger partial charge in [-0.3, -0.25) is 15.1 Å². The van der Waals surface area contributed by atoms with Crippen LogP contribution in [0.2, 0.25) is 0 Å². The van der Waals surface area contributed by atoms with Gasteiger partial charge < -0.3 is 5.32 Å². The van der Waals surface area contributed by atoms with E-state index in [4.69, 9.17) is 4.84 Å². The third-order valence-corrected chi connectivity index (χ3v) is 1.63. The summed E-state index contributed by atoms with van der Waals surface area (Å²) in [4.78, 5) is 16.2. The van der Waals surface area contributed by atoms with Crippen LogP contribution in [0.15, 0.2) is 23.5 Å². The number of nitrogens with zero attached hydrogens (tertiary/aromatic N) is 1. The maximum atomic E-state index is 11.3. The zero-order chi connectivity index (χ0) is 9.84. The quantitative estimate of drug-likeness (QED) is 0.628. The number of hydrogen-bond donors (Lipinski definition) is 2. The lowest BCUT2D eigenvalue weighted by Crippen LogP contribution is -2.41. The number of rotatable bonds is 2. The Labute approximate surface area is 77.0 Å². The standard InChI is InChI=1S/C8H13N3O2/c1-6-4-7(8(12)9-2)11(13-3)10-5-6/h4-5,10H,1-3H3,(H,9,12). The molecule has 5 nitrogen and oxygen atoms in total. The molecule has 0 aliphatic carbocycles. The normalized spacial score (nSPS) is 15.8. The number of nitrogens with one attached hydrogen (secondary N) is 2. The fraction of sp³-hybridized carbons (Fsp3) is 0.375. The topological polar surface area (TPSA) is 53.6 Å². The maximum absolute atomic E-state index is 11.3. The van der Waals surface area contributed by atoms with E-state index in [0.29, 0.717) is 5.70 Å². The number of hydrazine groups is 1. The highest BCUT2D eigenvalue weighted by molar-refractivity contribution is 5.92. The van der Waals surface area contributed by atoms with Crippen LogP contribution in [0.4, 0.5) is 0 Å². The van der Waals surface area contributed by atoms with Crippen LogP contribution in [-0.2, 0) is 9.63 Å². The minimum Gasteiger partial charge on any atom is -0.354 e. The molecule has 0 bridgehead atoms. The van der Waals surface area contributed by atoms with Crippen molar-refractivity contribution in [3.63, 3.8) is 0 Å². The summed E-state index contributed by atoms with van der Waals surface area (Å²) in [5.41, 5.74) is 4.20. The van der Waals surface area contributed by atoms with Gasteiger partial charge in [0.15, 0.2) is 5.70 Å². The van der Waals surface area contributed by atoms with Gasteiger partial charge in [-0.15, -0.1) is 0 Å². The Bertz CT molecular complexity index is 271. The molecule has 1 amide bonds. The second-order valence-electron chi connectivity index (χ2n) is 2.60. The fourth-order valence-corrected chi connectivity index (χ4v) is 0.983. The summed E-state index contributed by atoms with van der Waals surface area (Å²) in [5.74, 6) is -0.193. The zero-order valence-corrected chi connectivity index (χ0v) is 7.92. The summed E-state index contributed by atoms with van der Waals surface area (Å²) < 4.78 is 0. The van der Waals surface area contributed by atoms with Crippen molar-refractivity contribution in [3.8, 4) is 0 Å². The lowest BCUT2D eigenvalue weighted by atomic mass is 10.2. The Hall–Kier alpha value is -1.49. The Morgan fingerprint density at radius 2 is 2.38 bits per heavy atom. The Morgan fingerprint density at radius 3 is 2.92 bits per heavy atom. The average Bonchev–Trinajstić information content (AvgIpc) is 2.16. The summed E-state index contributed by atoms with van der Waals surface area (Å²) in [5, 5.41) is 3.82. The molecule has 0 saturated heterocycles. The average molecular weight is 183 g/mol. The molecule has 1 aliphatic heterocycles. The molecule has 13 heavy (non-hydrogen) atoms. The van der Waals surface area contributed by atoms with Crippen LogP contribution in [0.1, 0.15) is 6.92 Å². The molecule has 0 radical (unpaired) electrons. The van der Waals surface area contributed by atoms with Crippen LogP contribution >= 0.6 is 0 Å². The number of amides is 1. The number of hydroxylamine groups is 1. The molecule has 0 saturated carbocycles. The maximum Gasteiger partial charge on any atom is 0.271 e. The van der Waals surface area contributed by atoms with Crippen molar-refractivity contribution in [2.45, 2.75) is 6.92 Å². The molecule has 0 aromatic carbocycles. The van der Waals surface area contributed by atoms with Crippen LogP contribution in [0.25, 0.3) is 0 Å². The first-order chi connectivity index (χ1) is 6.19. The Balaban J connectivity index is 2.87. The van der Waals surface area contributed by atoms with Crippen LogP contribution < -0.4 is 10.7 Å². The van der Waals surface area contributed by atoms with Crippen LogP contribution in [-0.4, -0.2) is 25.2 Å². The molecule has 1 rings (SSSR count). The summed E-state index contributed by atoms with van der Waals surface area (Å²) in [6.07, 6.45) is 3.48. The molecule has 0 aromatic rings. The predicted octanol–water partition coefficient (Wildman–Crippen LogP) is -0.0983. The van der Waals surface area contributed by atoms with E-state index in [1.165, 1.54) is 12.3 Å². The van der Waals surface area contributed by atoms with Crippen molar-refractivity contribution in [1.82, 2.24) is 15.9 Å². The zero-order valence-electron chi connectivity index (χ0n) is 7.92. The highest BCUT2D eigenvalue weighted by Crippen LogP contribution is 2.10. The summed E-state index contributed by atoms with van der Waals surface area (Å²) in [6, 6.07) is 0. The number of allylic oxidation sites excluding steroid dienone is 2. The number of hydrogen-bond acceptors (Lipinski definition) is 4. The molecule has 0 spiro atoms. The molecule has 0 atom stereocenters. The van der Waals surface area contributed by atoms with E-state index in [0.717, 1.165) is 5.57 Å². The van der Waals surface area contributed by atoms with E-state index < -0.39 is 0 Å². The first-order valence-corrected chi connectivity index (χ1v) is 3.90. The van der Waals surface area contributed by atoms with Gasteiger partial charge in [-0.2, -0.15) is 5.17 Å². The third kappa shape index (κ3) is 2.00. The van der Waals surface area contributed by atoms with E-state index in [-0.39, 0.29) is 5.91 Å². The van der Waals surface area contributed by atoms with Crippen molar-refractivity contribution in [2.75, 3.05) is 14.2 Å². The van der Waals surface area contributed by atoms with Gasteiger partial charge in [-0.05, 0) is 18.6 Å². The smallest absolute Gasteiger partial charge is 0.271 e. The summed E-state index contributed by atoms with van der Waals surface area (Å²) in [6.45, 7) is 1.89. The van der Waals surface area contributed by atoms with Gasteiger partial charge in [-0.1, -0.05) is 0 Å². The largest absolute Gasteiger partial charge is 0.354 e. The number of carbonyl (C=O) groups is 1. The van der Waals surface area contributed by atoms with Crippen molar-refractivity contribution in [1.29, 1.82) is 0 Å². The lowest BCUT2D eigenvalue weighted by molar-refractivity contribution is -0.148. The SMILES string of the molecule is CNC(=O)C1=CC(C)=CNN1OC. The van der Waals surface area contributed by atoms with Crippen molar-refractivity contribution in [2.24, 2.45) is 0 Å². The third-order valence-electron chi connectivity index (χ3n) is 1.63. The van der Waals surface area contributed by atoms with Gasteiger partial charge >= 0.3 is 0 Å². The monoisotopic (exact) mass is 183 g/mol. The minimum atomic E-state index is -0.193. The van der Waals surface area contributed by atoms with Gasteiger partial charge in [0.2, 0.25) is 0 Å². The molecular formula is C8H13N3O2. The Morgan fingerprint density at radius 1 is 1.69 bits per heavy atom. The van der Waals surface area contributed by atoms with Gasteiger partial charge in [0, 0.05) is 13.2 Å². The fourth-order valence-electron chi connectivity index (χ4n) is 0.983. The van der Waals surface area contributed by atoms with Crippen LogP contribution in [0, 0.1) is 0 Å². The van der Waals surface area contributed by atoms with Crippen LogP contribution in [0.5, 0.6) is 0 Å². The number of carbonyl (C=O) groups excluding carboxylic acids is 1. The molecule has 2 N–H and O–H groups in total. The molecule has 0 unspecified atom stereocenters. The molecule has 1 heterocycles. The van der Waals surface area contributed by atoms with E-state index in [9.17, 15) is 4.79 Å². The first kappa shape index (κ1) is 9.60. The van der Waals surface area contributed by atoms with Gasteiger partial charge in [0.1, 0.15) is 0 Å². The molecule has 0 aromatic heterocycles.